The van der Waals surface area contributed by atoms with E-state index in [2.05, 4.69) is 0 Å². The van der Waals surface area contributed by atoms with Crippen molar-refractivity contribution < 1.29 is 19.4 Å². The number of carbonyl (C=O) groups is 1. The summed E-state index contributed by atoms with van der Waals surface area (Å²) < 4.78 is 10.7. The van der Waals surface area contributed by atoms with E-state index in [4.69, 9.17) is 14.6 Å². The van der Waals surface area contributed by atoms with Crippen molar-refractivity contribution in [3.8, 4) is 0 Å². The summed E-state index contributed by atoms with van der Waals surface area (Å²) in [7, 11) is 0. The molecule has 0 aliphatic heterocycles. The number of thioether (sulfide) groups is 1. The van der Waals surface area contributed by atoms with Gasteiger partial charge in [0.2, 0.25) is 0 Å². The Balaban J connectivity index is 3.64. The lowest BCUT2D eigenvalue weighted by molar-refractivity contribution is -0.140. The summed E-state index contributed by atoms with van der Waals surface area (Å²) >= 11 is 1.55. The molecule has 0 radical (unpaired) electrons. The first kappa shape index (κ1) is 14.7. The van der Waals surface area contributed by atoms with Crippen LogP contribution in [0.4, 0.5) is 0 Å². The Morgan fingerprint density at radius 3 is 2.20 bits per heavy atom. The van der Waals surface area contributed by atoms with E-state index in [1.54, 1.807) is 18.7 Å². The summed E-state index contributed by atoms with van der Waals surface area (Å²) in [5, 5.41) is 8.68. The third-order valence-corrected chi connectivity index (χ3v) is 2.99. The summed E-state index contributed by atoms with van der Waals surface area (Å²) in [6, 6.07) is 0. The third-order valence-electron chi connectivity index (χ3n) is 1.75. The second-order valence-corrected chi connectivity index (χ2v) is 4.19. The normalized spacial score (nSPS) is 13.1. The number of rotatable bonds is 9. The first-order valence-electron chi connectivity index (χ1n) is 5.15. The second-order valence-electron chi connectivity index (χ2n) is 3.12. The Hall–Kier alpha value is -0.260. The largest absolute Gasteiger partial charge is 0.481 e. The van der Waals surface area contributed by atoms with Gasteiger partial charge in [-0.1, -0.05) is 6.92 Å². The zero-order chi connectivity index (χ0) is 11.7. The lowest BCUT2D eigenvalue weighted by atomic mass is 10.2. The molecule has 15 heavy (non-hydrogen) atoms. The van der Waals surface area contributed by atoms with Crippen molar-refractivity contribution in [2.45, 2.75) is 27.1 Å². The van der Waals surface area contributed by atoms with Gasteiger partial charge < -0.3 is 14.6 Å². The molecular weight excluding hydrogens is 216 g/mol. The number of carboxylic acids is 1. The maximum absolute atomic E-state index is 10.6. The van der Waals surface area contributed by atoms with Crippen LogP contribution < -0.4 is 0 Å². The fourth-order valence-electron chi connectivity index (χ4n) is 0.928. The van der Waals surface area contributed by atoms with Crippen molar-refractivity contribution in [2.24, 2.45) is 5.92 Å². The van der Waals surface area contributed by atoms with Crippen molar-refractivity contribution in [1.82, 2.24) is 0 Å². The van der Waals surface area contributed by atoms with Crippen molar-refractivity contribution in [3.05, 3.63) is 0 Å². The molecule has 0 fully saturated rings. The molecule has 1 atom stereocenters. The molecule has 0 aliphatic rings. The van der Waals surface area contributed by atoms with Crippen LogP contribution in [0.1, 0.15) is 20.8 Å². The predicted molar refractivity (Wildman–Crippen MR) is 61.2 cm³/mol. The highest BCUT2D eigenvalue weighted by atomic mass is 32.2. The van der Waals surface area contributed by atoms with Crippen LogP contribution in [0.3, 0.4) is 0 Å². The van der Waals surface area contributed by atoms with E-state index in [0.717, 1.165) is 0 Å². The van der Waals surface area contributed by atoms with Crippen LogP contribution in [0.15, 0.2) is 0 Å². The Labute approximate surface area is 95.3 Å². The third kappa shape index (κ3) is 7.64. The smallest absolute Gasteiger partial charge is 0.307 e. The van der Waals surface area contributed by atoms with Crippen LogP contribution in [-0.4, -0.2) is 42.1 Å². The lowest BCUT2D eigenvalue weighted by Gasteiger charge is -2.16. The average molecular weight is 236 g/mol. The highest BCUT2D eigenvalue weighted by molar-refractivity contribution is 7.99. The highest BCUT2D eigenvalue weighted by Crippen LogP contribution is 2.12. The second kappa shape index (κ2) is 9.00. The Morgan fingerprint density at radius 2 is 1.80 bits per heavy atom. The zero-order valence-electron chi connectivity index (χ0n) is 9.56. The maximum Gasteiger partial charge on any atom is 0.307 e. The Morgan fingerprint density at radius 1 is 1.27 bits per heavy atom. The van der Waals surface area contributed by atoms with Gasteiger partial charge in [-0.2, -0.15) is 11.8 Å². The molecule has 4 nitrogen and oxygen atoms in total. The van der Waals surface area contributed by atoms with Crippen molar-refractivity contribution in [3.63, 3.8) is 0 Å². The molecule has 90 valence electrons. The molecule has 5 heteroatoms. The molecule has 1 N–H and O–H groups in total. The zero-order valence-corrected chi connectivity index (χ0v) is 10.4. The number of aliphatic carboxylic acids is 1. The molecule has 0 aromatic carbocycles. The van der Waals surface area contributed by atoms with Gasteiger partial charge in [0.25, 0.3) is 0 Å². The summed E-state index contributed by atoms with van der Waals surface area (Å²) in [4.78, 5) is 10.6. The van der Waals surface area contributed by atoms with E-state index < -0.39 is 5.97 Å². The molecule has 0 aromatic heterocycles. The molecule has 0 bridgehead atoms. The van der Waals surface area contributed by atoms with E-state index in [1.165, 1.54) is 0 Å². The van der Waals surface area contributed by atoms with Crippen molar-refractivity contribution in [2.75, 3.05) is 24.7 Å². The van der Waals surface area contributed by atoms with Crippen LogP contribution in [0.2, 0.25) is 0 Å². The van der Waals surface area contributed by atoms with Gasteiger partial charge >= 0.3 is 5.97 Å². The topological polar surface area (TPSA) is 55.8 Å². The summed E-state index contributed by atoms with van der Waals surface area (Å²) in [5.41, 5.74) is 0. The molecule has 0 saturated heterocycles. The summed E-state index contributed by atoms with van der Waals surface area (Å²) in [6.45, 7) is 6.75. The van der Waals surface area contributed by atoms with Gasteiger partial charge in [-0.3, -0.25) is 4.79 Å². The maximum atomic E-state index is 10.6. The molecule has 0 saturated carbocycles. The van der Waals surface area contributed by atoms with Gasteiger partial charge in [0.1, 0.15) is 0 Å². The first-order chi connectivity index (χ1) is 7.11. The van der Waals surface area contributed by atoms with E-state index >= 15 is 0 Å². The van der Waals surface area contributed by atoms with Gasteiger partial charge in [0.05, 0.1) is 5.92 Å². The minimum Gasteiger partial charge on any atom is -0.481 e. The molecule has 1 unspecified atom stereocenters. The molecule has 0 amide bonds. The van der Waals surface area contributed by atoms with Crippen LogP contribution in [0.25, 0.3) is 0 Å². The quantitative estimate of drug-likeness (QED) is 0.619. The van der Waals surface area contributed by atoms with Crippen molar-refractivity contribution >= 4 is 17.7 Å². The molecule has 0 rings (SSSR count). The van der Waals surface area contributed by atoms with Gasteiger partial charge in [-0.05, 0) is 13.8 Å². The van der Waals surface area contributed by atoms with E-state index in [-0.39, 0.29) is 12.2 Å². The number of carboxylic acid groups (broad SMARTS) is 1. The minimum atomic E-state index is -0.758. The fraction of sp³-hybridized carbons (Fsp3) is 0.900. The standard InChI is InChI=1S/C10H20O4S/c1-4-13-9(14-5-2)7-15-6-8(3)10(11)12/h8-9H,4-7H2,1-3H3,(H,11,12). The lowest BCUT2D eigenvalue weighted by Crippen LogP contribution is -2.21. The van der Waals surface area contributed by atoms with E-state index in [1.807, 2.05) is 13.8 Å². The number of hydrogen-bond donors (Lipinski definition) is 1. The SMILES string of the molecule is CCOC(CSCC(C)C(=O)O)OCC. The van der Waals surface area contributed by atoms with E-state index in [9.17, 15) is 4.79 Å². The Bertz CT molecular complexity index is 169. The van der Waals surface area contributed by atoms with Crippen LogP contribution in [-0.2, 0) is 14.3 Å². The molecule has 0 aromatic rings. The molecular formula is C10H20O4S. The summed E-state index contributed by atoms with van der Waals surface area (Å²) in [5.74, 6) is 0.191. The highest BCUT2D eigenvalue weighted by Gasteiger charge is 2.13. The molecule has 0 spiro atoms. The van der Waals surface area contributed by atoms with Gasteiger partial charge in [0, 0.05) is 24.7 Å². The van der Waals surface area contributed by atoms with Crippen LogP contribution in [0, 0.1) is 5.92 Å². The van der Waals surface area contributed by atoms with Crippen LogP contribution in [0.5, 0.6) is 0 Å². The number of ether oxygens (including phenoxy) is 2. The minimum absolute atomic E-state index is 0.217. The van der Waals surface area contributed by atoms with Crippen molar-refractivity contribution in [1.29, 1.82) is 0 Å². The molecule has 0 heterocycles. The average Bonchev–Trinajstić information content (AvgIpc) is 2.18. The van der Waals surface area contributed by atoms with Gasteiger partial charge in [-0.25, -0.2) is 0 Å². The predicted octanol–water partition coefficient (Wildman–Crippen LogP) is 1.84. The fourth-order valence-corrected chi connectivity index (χ4v) is 1.95. The monoisotopic (exact) mass is 236 g/mol. The first-order valence-corrected chi connectivity index (χ1v) is 6.31. The van der Waals surface area contributed by atoms with Crippen LogP contribution >= 0.6 is 11.8 Å². The summed E-state index contributed by atoms with van der Waals surface area (Å²) in [6.07, 6.45) is -0.217. The van der Waals surface area contributed by atoms with Gasteiger partial charge in [0.15, 0.2) is 6.29 Å². The molecule has 0 aliphatic carbocycles. The Kier molecular flexibility index (Phi) is 8.85. The van der Waals surface area contributed by atoms with Gasteiger partial charge in [-0.15, -0.1) is 0 Å². The number of hydrogen-bond acceptors (Lipinski definition) is 4. The van der Waals surface area contributed by atoms with E-state index in [0.29, 0.717) is 24.7 Å².